The summed E-state index contributed by atoms with van der Waals surface area (Å²) in [7, 11) is -3.05. The van der Waals surface area contributed by atoms with Crippen LogP contribution >= 0.6 is 18.9 Å². The molecular weight excluding hydrogens is 375 g/mol. The molecule has 3 rings (SSSR count). The summed E-state index contributed by atoms with van der Waals surface area (Å²) in [6.45, 7) is 0. The number of aliphatic hydroxyl groups is 2. The molecule has 3 nitrogen and oxygen atoms in total. The van der Waals surface area contributed by atoms with Gasteiger partial charge in [0.05, 0.1) is 12.2 Å². The van der Waals surface area contributed by atoms with Crippen LogP contribution in [0.3, 0.4) is 0 Å². The maximum Gasteiger partial charge on any atom is 0.145 e. The van der Waals surface area contributed by atoms with E-state index in [4.69, 9.17) is 0 Å². The Bertz CT molecular complexity index is 828. The Kier molecular flexibility index (Phi) is 6.92. The molecule has 0 amide bonds. The molecule has 0 unspecified atom stereocenters. The van der Waals surface area contributed by atoms with Crippen molar-refractivity contribution in [2.24, 2.45) is 0 Å². The number of rotatable bonds is 8. The Morgan fingerprint density at radius 1 is 0.704 bits per heavy atom. The van der Waals surface area contributed by atoms with E-state index in [-0.39, 0.29) is 6.16 Å². The van der Waals surface area contributed by atoms with E-state index >= 15 is 0 Å². The van der Waals surface area contributed by atoms with E-state index in [1.165, 1.54) is 11.8 Å². The molecule has 0 spiro atoms. The van der Waals surface area contributed by atoms with Crippen LogP contribution in [0, 0.1) is 0 Å². The zero-order valence-electron chi connectivity index (χ0n) is 14.9. The number of benzene rings is 3. The van der Waals surface area contributed by atoms with Crippen molar-refractivity contribution in [2.75, 3.05) is 11.9 Å². The van der Waals surface area contributed by atoms with E-state index in [2.05, 4.69) is 0 Å². The first-order valence-corrected chi connectivity index (χ1v) is 11.7. The van der Waals surface area contributed by atoms with Gasteiger partial charge in [0.15, 0.2) is 0 Å². The van der Waals surface area contributed by atoms with Crippen LogP contribution < -0.4 is 10.6 Å². The Balaban J connectivity index is 1.77. The molecule has 2 atom stereocenters. The lowest BCUT2D eigenvalue weighted by Crippen LogP contribution is -2.34. The Morgan fingerprint density at radius 2 is 1.15 bits per heavy atom. The molecule has 0 aliphatic carbocycles. The zero-order valence-corrected chi connectivity index (χ0v) is 16.6. The van der Waals surface area contributed by atoms with E-state index in [9.17, 15) is 14.8 Å². The summed E-state index contributed by atoms with van der Waals surface area (Å²) in [5, 5.41) is 22.4. The largest absolute Gasteiger partial charge is 0.390 e. The third-order valence-corrected chi connectivity index (χ3v) is 8.67. The quantitative estimate of drug-likeness (QED) is 0.450. The third-order valence-electron chi connectivity index (χ3n) is 4.40. The van der Waals surface area contributed by atoms with Gasteiger partial charge < -0.3 is 14.8 Å². The standard InChI is InChI=1S/C22H23O3PS/c23-21(22(24)17-27-20-14-8-3-9-15-20)16-26(25,18-10-4-1-5-11-18)19-12-6-2-7-13-19/h1-15,21-24H,16-17H2/t21-,22+/m1/s1. The predicted octanol–water partition coefficient (Wildman–Crippen LogP) is 3.51. The van der Waals surface area contributed by atoms with Crippen molar-refractivity contribution in [2.45, 2.75) is 17.1 Å². The minimum atomic E-state index is -3.05. The van der Waals surface area contributed by atoms with Gasteiger partial charge in [-0.15, -0.1) is 11.8 Å². The lowest BCUT2D eigenvalue weighted by atomic mass is 10.3. The monoisotopic (exact) mass is 398 g/mol. The van der Waals surface area contributed by atoms with Gasteiger partial charge in [-0.1, -0.05) is 78.9 Å². The van der Waals surface area contributed by atoms with Crippen molar-refractivity contribution in [3.05, 3.63) is 91.0 Å². The number of hydrogen-bond donors (Lipinski definition) is 2. The SMILES string of the molecule is O=P(C[C@@H](O)[C@@H](O)CSc1ccccc1)(c1ccccc1)c1ccccc1. The van der Waals surface area contributed by atoms with Crippen molar-refractivity contribution in [1.82, 2.24) is 0 Å². The molecule has 27 heavy (non-hydrogen) atoms. The number of thioether (sulfide) groups is 1. The fourth-order valence-electron chi connectivity index (χ4n) is 2.89. The van der Waals surface area contributed by atoms with Crippen LogP contribution in [0.4, 0.5) is 0 Å². The average molecular weight is 398 g/mol. The van der Waals surface area contributed by atoms with E-state index < -0.39 is 19.3 Å². The molecule has 0 aliphatic heterocycles. The molecule has 0 saturated heterocycles. The summed E-state index contributed by atoms with van der Waals surface area (Å²) < 4.78 is 13.9. The smallest absolute Gasteiger partial charge is 0.145 e. The van der Waals surface area contributed by atoms with Crippen LogP contribution in [0.15, 0.2) is 95.9 Å². The first-order valence-electron chi connectivity index (χ1n) is 8.84. The zero-order chi connectivity index (χ0) is 19.1. The molecule has 0 heterocycles. The molecule has 3 aromatic rings. The molecule has 0 bridgehead atoms. The molecule has 0 fully saturated rings. The molecule has 140 valence electrons. The highest BCUT2D eigenvalue weighted by atomic mass is 32.2. The van der Waals surface area contributed by atoms with Gasteiger partial charge in [-0.3, -0.25) is 0 Å². The number of hydrogen-bond acceptors (Lipinski definition) is 4. The summed E-state index contributed by atoms with van der Waals surface area (Å²) >= 11 is 1.47. The lowest BCUT2D eigenvalue weighted by Gasteiger charge is -2.25. The van der Waals surface area contributed by atoms with E-state index in [0.29, 0.717) is 16.4 Å². The first kappa shape index (κ1) is 19.9. The van der Waals surface area contributed by atoms with Crippen molar-refractivity contribution < 1.29 is 14.8 Å². The van der Waals surface area contributed by atoms with Gasteiger partial charge in [0.1, 0.15) is 7.14 Å². The van der Waals surface area contributed by atoms with E-state index in [1.54, 1.807) is 0 Å². The minimum absolute atomic E-state index is 0.0115. The molecular formula is C22H23O3PS. The summed E-state index contributed by atoms with van der Waals surface area (Å²) in [5.74, 6) is 0.342. The van der Waals surface area contributed by atoms with Crippen molar-refractivity contribution in [3.63, 3.8) is 0 Å². The third kappa shape index (κ3) is 5.12. The Morgan fingerprint density at radius 3 is 1.63 bits per heavy atom. The van der Waals surface area contributed by atoms with E-state index in [0.717, 1.165) is 4.90 Å². The predicted molar refractivity (Wildman–Crippen MR) is 114 cm³/mol. The lowest BCUT2D eigenvalue weighted by molar-refractivity contribution is 0.0489. The van der Waals surface area contributed by atoms with Gasteiger partial charge in [0.2, 0.25) is 0 Å². The van der Waals surface area contributed by atoms with Crippen molar-refractivity contribution >= 4 is 29.5 Å². The number of aliphatic hydroxyl groups excluding tert-OH is 2. The van der Waals surface area contributed by atoms with Crippen LogP contribution in [-0.4, -0.2) is 34.3 Å². The molecule has 2 N–H and O–H groups in total. The fraction of sp³-hybridized carbons (Fsp3) is 0.182. The second-order valence-corrected chi connectivity index (χ2v) is 10.3. The summed E-state index contributed by atoms with van der Waals surface area (Å²) in [6, 6.07) is 28.2. The Labute approximate surface area is 164 Å². The summed E-state index contributed by atoms with van der Waals surface area (Å²) in [5.41, 5.74) is 0. The molecule has 3 aromatic carbocycles. The van der Waals surface area contributed by atoms with Crippen molar-refractivity contribution in [1.29, 1.82) is 0 Å². The summed E-state index contributed by atoms with van der Waals surface area (Å²) in [4.78, 5) is 1.03. The molecule has 0 radical (unpaired) electrons. The first-order chi connectivity index (χ1) is 13.1. The minimum Gasteiger partial charge on any atom is -0.390 e. The summed E-state index contributed by atoms with van der Waals surface area (Å²) in [6.07, 6.45) is -2.03. The molecule has 0 aliphatic rings. The molecule has 0 aromatic heterocycles. The van der Waals surface area contributed by atoms with Gasteiger partial charge in [-0.25, -0.2) is 0 Å². The topological polar surface area (TPSA) is 57.5 Å². The molecule has 0 saturated carbocycles. The second kappa shape index (κ2) is 9.38. The van der Waals surface area contributed by atoms with Crippen LogP contribution in [-0.2, 0) is 4.57 Å². The van der Waals surface area contributed by atoms with Crippen LogP contribution in [0.1, 0.15) is 0 Å². The highest BCUT2D eigenvalue weighted by Crippen LogP contribution is 2.44. The maximum atomic E-state index is 13.9. The van der Waals surface area contributed by atoms with Crippen LogP contribution in [0.2, 0.25) is 0 Å². The van der Waals surface area contributed by atoms with Gasteiger partial charge >= 0.3 is 0 Å². The van der Waals surface area contributed by atoms with Gasteiger partial charge in [-0.2, -0.15) is 0 Å². The van der Waals surface area contributed by atoms with Gasteiger partial charge in [0.25, 0.3) is 0 Å². The van der Waals surface area contributed by atoms with Crippen LogP contribution in [0.25, 0.3) is 0 Å². The maximum absolute atomic E-state index is 13.9. The average Bonchev–Trinajstić information content (AvgIpc) is 2.74. The highest BCUT2D eigenvalue weighted by molar-refractivity contribution is 7.99. The van der Waals surface area contributed by atoms with Gasteiger partial charge in [-0.05, 0) is 12.1 Å². The van der Waals surface area contributed by atoms with Crippen molar-refractivity contribution in [3.8, 4) is 0 Å². The highest BCUT2D eigenvalue weighted by Gasteiger charge is 2.32. The van der Waals surface area contributed by atoms with Crippen LogP contribution in [0.5, 0.6) is 0 Å². The normalized spacial score (nSPS) is 13.9. The van der Waals surface area contributed by atoms with Gasteiger partial charge in [0, 0.05) is 27.4 Å². The fourth-order valence-corrected chi connectivity index (χ4v) is 6.62. The Hall–Kier alpha value is -1.84. The molecule has 5 heteroatoms. The van der Waals surface area contributed by atoms with E-state index in [1.807, 2.05) is 91.0 Å². The second-order valence-electron chi connectivity index (χ2n) is 6.35.